The number of ether oxygens (including phenoxy) is 1. The lowest BCUT2D eigenvalue weighted by Gasteiger charge is -2.07. The third kappa shape index (κ3) is 5.29. The summed E-state index contributed by atoms with van der Waals surface area (Å²) in [6.45, 7) is 0.0446. The molecule has 0 aromatic heterocycles. The molecule has 0 fully saturated rings. The lowest BCUT2D eigenvalue weighted by Crippen LogP contribution is -2.40. The second-order valence-electron chi connectivity index (χ2n) is 2.95. The van der Waals surface area contributed by atoms with Gasteiger partial charge >= 0.3 is 16.3 Å². The van der Waals surface area contributed by atoms with Gasteiger partial charge in [-0.2, -0.15) is 8.42 Å². The van der Waals surface area contributed by atoms with E-state index in [1.165, 1.54) is 0 Å². The molecule has 0 aliphatic heterocycles. The Hall–Kier alpha value is -1.64. The van der Waals surface area contributed by atoms with E-state index in [4.69, 9.17) is 4.84 Å². The van der Waals surface area contributed by atoms with Crippen LogP contribution < -0.4 is 9.61 Å². The number of carbonyl (C=O) groups excluding carboxylic acids is 1. The molecule has 0 aliphatic carbocycles. The minimum absolute atomic E-state index is 0.0446. The molecule has 0 aliphatic rings. The maximum Gasteiger partial charge on any atom is 0.421 e. The molecule has 0 saturated heterocycles. The fourth-order valence-electron chi connectivity index (χ4n) is 0.937. The van der Waals surface area contributed by atoms with E-state index in [-0.39, 0.29) is 6.61 Å². The molecule has 0 saturated carbocycles. The standard InChI is InChI=1S/C9H12N2O5S/c1-15-9(12)10-17(13,14)11-16-7-8-5-3-2-4-6-8/h2-6,11H,7H2,1H3,(H,10,12). The Kier molecular flexibility index (Phi) is 4.88. The Bertz CT molecular complexity index is 460. The maximum absolute atomic E-state index is 11.1. The minimum Gasteiger partial charge on any atom is -0.452 e. The van der Waals surface area contributed by atoms with Gasteiger partial charge in [-0.15, -0.1) is 0 Å². The van der Waals surface area contributed by atoms with Gasteiger partial charge in [0.1, 0.15) is 0 Å². The third-order valence-electron chi connectivity index (χ3n) is 1.65. The molecule has 8 heteroatoms. The molecule has 0 unspecified atom stereocenters. The summed E-state index contributed by atoms with van der Waals surface area (Å²) >= 11 is 0. The van der Waals surface area contributed by atoms with Crippen LogP contribution in [0.5, 0.6) is 0 Å². The highest BCUT2D eigenvalue weighted by Gasteiger charge is 2.13. The Labute approximate surface area is 98.9 Å². The van der Waals surface area contributed by atoms with Crippen LogP contribution in [0.1, 0.15) is 5.56 Å². The molecule has 1 amide bonds. The van der Waals surface area contributed by atoms with Gasteiger partial charge in [-0.1, -0.05) is 35.2 Å². The first-order valence-electron chi connectivity index (χ1n) is 4.57. The van der Waals surface area contributed by atoms with Crippen molar-refractivity contribution in [3.8, 4) is 0 Å². The number of methoxy groups -OCH3 is 1. The lowest BCUT2D eigenvalue weighted by molar-refractivity contribution is 0.0783. The zero-order chi connectivity index (χ0) is 12.7. The SMILES string of the molecule is COC(=O)NS(=O)(=O)NOCc1ccccc1. The highest BCUT2D eigenvalue weighted by molar-refractivity contribution is 7.87. The summed E-state index contributed by atoms with van der Waals surface area (Å²) in [6, 6.07) is 8.94. The van der Waals surface area contributed by atoms with E-state index in [2.05, 4.69) is 4.74 Å². The Balaban J connectivity index is 2.38. The van der Waals surface area contributed by atoms with E-state index >= 15 is 0 Å². The van der Waals surface area contributed by atoms with Crippen molar-refractivity contribution in [1.82, 2.24) is 9.61 Å². The fraction of sp³-hybridized carbons (Fsp3) is 0.222. The second-order valence-corrected chi connectivity index (χ2v) is 4.33. The van der Waals surface area contributed by atoms with Crippen molar-refractivity contribution in [3.63, 3.8) is 0 Å². The van der Waals surface area contributed by atoms with E-state index in [0.29, 0.717) is 0 Å². The number of nitrogens with one attached hydrogen (secondary N) is 2. The summed E-state index contributed by atoms with van der Waals surface area (Å²) in [5.74, 6) is 0. The predicted octanol–water partition coefficient (Wildman–Crippen LogP) is 0.309. The Morgan fingerprint density at radius 1 is 1.29 bits per heavy atom. The summed E-state index contributed by atoms with van der Waals surface area (Å²) in [5, 5.41) is 0. The molecule has 1 aromatic carbocycles. The number of benzene rings is 1. The fourth-order valence-corrected chi connectivity index (χ4v) is 1.50. The van der Waals surface area contributed by atoms with Crippen LogP contribution in [0.2, 0.25) is 0 Å². The van der Waals surface area contributed by atoms with Crippen LogP contribution >= 0.6 is 0 Å². The van der Waals surface area contributed by atoms with Crippen molar-refractivity contribution < 1.29 is 22.8 Å². The van der Waals surface area contributed by atoms with Crippen LogP contribution in [-0.4, -0.2) is 21.6 Å². The van der Waals surface area contributed by atoms with Gasteiger partial charge in [-0.25, -0.2) is 9.52 Å². The van der Waals surface area contributed by atoms with Crippen LogP contribution in [0.25, 0.3) is 0 Å². The molecule has 0 spiro atoms. The monoisotopic (exact) mass is 260 g/mol. The van der Waals surface area contributed by atoms with Gasteiger partial charge < -0.3 is 4.74 Å². The second kappa shape index (κ2) is 6.18. The van der Waals surface area contributed by atoms with Crippen molar-refractivity contribution in [2.45, 2.75) is 6.61 Å². The molecular formula is C9H12N2O5S. The van der Waals surface area contributed by atoms with Crippen LogP contribution in [0.3, 0.4) is 0 Å². The largest absolute Gasteiger partial charge is 0.452 e. The average Bonchev–Trinajstić information content (AvgIpc) is 2.29. The molecule has 94 valence electrons. The number of rotatable bonds is 5. The zero-order valence-electron chi connectivity index (χ0n) is 9.04. The number of hydrogen-bond acceptors (Lipinski definition) is 5. The first-order chi connectivity index (χ1) is 8.03. The van der Waals surface area contributed by atoms with E-state index < -0.39 is 16.3 Å². The van der Waals surface area contributed by atoms with Gasteiger partial charge in [0.25, 0.3) is 0 Å². The molecule has 0 radical (unpaired) electrons. The highest BCUT2D eigenvalue weighted by Crippen LogP contribution is 1.99. The number of carbonyl (C=O) groups is 1. The molecule has 17 heavy (non-hydrogen) atoms. The van der Waals surface area contributed by atoms with Gasteiger partial charge in [0.2, 0.25) is 0 Å². The quantitative estimate of drug-likeness (QED) is 0.743. The van der Waals surface area contributed by atoms with Gasteiger partial charge in [-0.3, -0.25) is 4.84 Å². The molecular weight excluding hydrogens is 248 g/mol. The van der Waals surface area contributed by atoms with Crippen molar-refractivity contribution in [3.05, 3.63) is 35.9 Å². The summed E-state index contributed by atoms with van der Waals surface area (Å²) in [5.41, 5.74) is 0.785. The minimum atomic E-state index is -4.06. The molecule has 0 bridgehead atoms. The van der Waals surface area contributed by atoms with Crippen molar-refractivity contribution in [2.75, 3.05) is 7.11 Å². The topological polar surface area (TPSA) is 93.7 Å². The van der Waals surface area contributed by atoms with Crippen molar-refractivity contribution in [2.24, 2.45) is 0 Å². The normalized spacial score (nSPS) is 10.9. The van der Waals surface area contributed by atoms with Crippen LogP contribution in [0.4, 0.5) is 4.79 Å². The van der Waals surface area contributed by atoms with Gasteiger partial charge in [0.05, 0.1) is 13.7 Å². The van der Waals surface area contributed by atoms with E-state index in [9.17, 15) is 13.2 Å². The van der Waals surface area contributed by atoms with Gasteiger partial charge in [-0.05, 0) is 5.56 Å². The van der Waals surface area contributed by atoms with Crippen molar-refractivity contribution in [1.29, 1.82) is 0 Å². The molecule has 1 rings (SSSR count). The van der Waals surface area contributed by atoms with Crippen LogP contribution in [-0.2, 0) is 26.4 Å². The smallest absolute Gasteiger partial charge is 0.421 e. The molecule has 1 aromatic rings. The number of hydrogen-bond donors (Lipinski definition) is 2. The maximum atomic E-state index is 11.1. The first-order valence-corrected chi connectivity index (χ1v) is 6.05. The first kappa shape index (κ1) is 13.4. The van der Waals surface area contributed by atoms with Crippen LogP contribution in [0.15, 0.2) is 30.3 Å². The molecule has 0 atom stereocenters. The Morgan fingerprint density at radius 2 is 1.94 bits per heavy atom. The summed E-state index contributed by atoms with van der Waals surface area (Å²) in [6.07, 6.45) is -1.10. The number of amides is 1. The lowest BCUT2D eigenvalue weighted by atomic mass is 10.2. The van der Waals surface area contributed by atoms with E-state index in [1.54, 1.807) is 33.9 Å². The molecule has 0 heterocycles. The summed E-state index contributed by atoms with van der Waals surface area (Å²) in [7, 11) is -3.01. The third-order valence-corrected chi connectivity index (χ3v) is 2.43. The van der Waals surface area contributed by atoms with Gasteiger partial charge in [0, 0.05) is 0 Å². The van der Waals surface area contributed by atoms with Gasteiger partial charge in [0.15, 0.2) is 0 Å². The highest BCUT2D eigenvalue weighted by atomic mass is 32.2. The van der Waals surface area contributed by atoms with Crippen LogP contribution in [0, 0.1) is 0 Å². The van der Waals surface area contributed by atoms with Crippen molar-refractivity contribution >= 4 is 16.3 Å². The van der Waals surface area contributed by atoms with E-state index in [1.807, 2.05) is 6.07 Å². The molecule has 7 nitrogen and oxygen atoms in total. The summed E-state index contributed by atoms with van der Waals surface area (Å²) in [4.78, 5) is 17.1. The summed E-state index contributed by atoms with van der Waals surface area (Å²) < 4.78 is 28.0. The zero-order valence-corrected chi connectivity index (χ0v) is 9.86. The predicted molar refractivity (Wildman–Crippen MR) is 58.8 cm³/mol. The van der Waals surface area contributed by atoms with E-state index in [0.717, 1.165) is 12.7 Å². The average molecular weight is 260 g/mol. The Morgan fingerprint density at radius 3 is 2.53 bits per heavy atom. The molecule has 2 N–H and O–H groups in total.